The van der Waals surface area contributed by atoms with Gasteiger partial charge in [0.25, 0.3) is 0 Å². The minimum Gasteiger partial charge on any atom is -0.384 e. The number of halogens is 1. The number of pyridine rings is 1. The lowest BCUT2D eigenvalue weighted by atomic mass is 9.94. The van der Waals surface area contributed by atoms with E-state index in [0.717, 1.165) is 29.5 Å². The number of fused-ring (bicyclic) bond motifs is 3. The molecule has 2 heterocycles. The lowest BCUT2D eigenvalue weighted by Crippen LogP contribution is -2.09. The van der Waals surface area contributed by atoms with Gasteiger partial charge in [0.15, 0.2) is 0 Å². The minimum atomic E-state index is -0.180. The zero-order valence-corrected chi connectivity index (χ0v) is 15.7. The molecule has 5 rings (SSSR count). The van der Waals surface area contributed by atoms with E-state index in [4.69, 9.17) is 5.73 Å². The molecule has 0 atom stereocenters. The molecule has 0 saturated carbocycles. The molecule has 0 unspecified atom stereocenters. The van der Waals surface area contributed by atoms with Gasteiger partial charge in [-0.15, -0.1) is 0 Å². The first-order valence-corrected chi connectivity index (χ1v) is 9.79. The molecule has 2 aromatic heterocycles. The van der Waals surface area contributed by atoms with Gasteiger partial charge < -0.3 is 10.3 Å². The highest BCUT2D eigenvalue weighted by Crippen LogP contribution is 2.35. The summed E-state index contributed by atoms with van der Waals surface area (Å²) in [6.07, 6.45) is 6.44. The minimum absolute atomic E-state index is 0.180. The van der Waals surface area contributed by atoms with Gasteiger partial charge >= 0.3 is 0 Å². The van der Waals surface area contributed by atoms with Crippen molar-refractivity contribution < 1.29 is 4.39 Å². The lowest BCUT2D eigenvalue weighted by molar-refractivity contribution is 0.618. The topological polar surface area (TPSA) is 43.8 Å². The van der Waals surface area contributed by atoms with Gasteiger partial charge in [-0.3, -0.25) is 0 Å². The summed E-state index contributed by atoms with van der Waals surface area (Å²) in [6, 6.07) is 17.4. The quantitative estimate of drug-likeness (QED) is 0.527. The number of benzene rings is 2. The summed E-state index contributed by atoms with van der Waals surface area (Å²) in [6.45, 7) is 0.701. The van der Waals surface area contributed by atoms with E-state index in [-0.39, 0.29) is 5.82 Å². The first-order valence-electron chi connectivity index (χ1n) is 9.79. The molecule has 1 aliphatic rings. The Morgan fingerprint density at radius 2 is 1.82 bits per heavy atom. The van der Waals surface area contributed by atoms with Crippen LogP contribution in [-0.4, -0.2) is 9.55 Å². The van der Waals surface area contributed by atoms with E-state index in [1.165, 1.54) is 41.1 Å². The van der Waals surface area contributed by atoms with Crippen LogP contribution in [-0.2, 0) is 19.4 Å². The molecule has 4 heteroatoms. The van der Waals surface area contributed by atoms with Gasteiger partial charge in [0.1, 0.15) is 11.6 Å². The van der Waals surface area contributed by atoms with Crippen LogP contribution in [0.4, 0.5) is 10.2 Å². The first kappa shape index (κ1) is 17.0. The molecule has 0 fully saturated rings. The zero-order chi connectivity index (χ0) is 19.1. The van der Waals surface area contributed by atoms with E-state index in [2.05, 4.69) is 27.8 Å². The predicted molar refractivity (Wildman–Crippen MR) is 112 cm³/mol. The van der Waals surface area contributed by atoms with E-state index in [1.54, 1.807) is 12.1 Å². The van der Waals surface area contributed by atoms with Gasteiger partial charge in [-0.25, -0.2) is 9.37 Å². The standard InChI is InChI=1S/C24H22FN3/c25-19-5-3-4-16(12-19)15-28-22-7-2-1-6-20(22)21-13-17(8-10-23(21)28)18-9-11-24(26)27-14-18/h3-5,8-14H,1-2,6-7,15H2,(H2,26,27). The van der Waals surface area contributed by atoms with Crippen molar-refractivity contribution in [2.24, 2.45) is 0 Å². The number of hydrogen-bond acceptors (Lipinski definition) is 2. The average Bonchev–Trinajstić information content (AvgIpc) is 3.02. The van der Waals surface area contributed by atoms with E-state index in [1.807, 2.05) is 24.4 Å². The van der Waals surface area contributed by atoms with Crippen LogP contribution in [0.25, 0.3) is 22.0 Å². The van der Waals surface area contributed by atoms with Crippen molar-refractivity contribution in [2.75, 3.05) is 5.73 Å². The SMILES string of the molecule is Nc1ccc(-c2ccc3c(c2)c2c(n3Cc3cccc(F)c3)CCCC2)cn1. The Morgan fingerprint density at radius 1 is 0.964 bits per heavy atom. The van der Waals surface area contributed by atoms with E-state index in [0.29, 0.717) is 12.4 Å². The number of nitrogens with zero attached hydrogens (tertiary/aromatic N) is 2. The number of aryl methyl sites for hydroxylation is 1. The maximum Gasteiger partial charge on any atom is 0.123 e. The van der Waals surface area contributed by atoms with E-state index in [9.17, 15) is 4.39 Å². The molecule has 140 valence electrons. The van der Waals surface area contributed by atoms with Crippen LogP contribution in [0.3, 0.4) is 0 Å². The number of rotatable bonds is 3. The Hall–Kier alpha value is -3.14. The molecule has 3 nitrogen and oxygen atoms in total. The molecule has 0 aliphatic heterocycles. The molecule has 0 amide bonds. The number of aromatic nitrogens is 2. The highest BCUT2D eigenvalue weighted by atomic mass is 19.1. The number of nitrogen functional groups attached to an aromatic ring is 1. The van der Waals surface area contributed by atoms with Crippen molar-refractivity contribution in [3.8, 4) is 11.1 Å². The largest absolute Gasteiger partial charge is 0.384 e. The van der Waals surface area contributed by atoms with Crippen molar-refractivity contribution >= 4 is 16.7 Å². The highest BCUT2D eigenvalue weighted by Gasteiger charge is 2.20. The van der Waals surface area contributed by atoms with Crippen LogP contribution in [0.5, 0.6) is 0 Å². The molecule has 2 aromatic carbocycles. The third kappa shape index (κ3) is 2.95. The van der Waals surface area contributed by atoms with E-state index < -0.39 is 0 Å². The average molecular weight is 371 g/mol. The molecule has 0 saturated heterocycles. The summed E-state index contributed by atoms with van der Waals surface area (Å²) in [7, 11) is 0. The fourth-order valence-corrected chi connectivity index (χ4v) is 4.39. The summed E-state index contributed by atoms with van der Waals surface area (Å²) in [5.41, 5.74) is 13.0. The van der Waals surface area contributed by atoms with Crippen LogP contribution in [0.15, 0.2) is 60.8 Å². The Kier molecular flexibility index (Phi) is 4.12. The van der Waals surface area contributed by atoms with Crippen LogP contribution in [0.2, 0.25) is 0 Å². The smallest absolute Gasteiger partial charge is 0.123 e. The maximum atomic E-state index is 13.7. The van der Waals surface area contributed by atoms with Crippen molar-refractivity contribution in [1.82, 2.24) is 9.55 Å². The Morgan fingerprint density at radius 3 is 2.64 bits per heavy atom. The molecule has 0 spiro atoms. The zero-order valence-electron chi connectivity index (χ0n) is 15.7. The Labute approximate surface area is 163 Å². The second-order valence-electron chi connectivity index (χ2n) is 7.55. The first-order chi connectivity index (χ1) is 13.7. The van der Waals surface area contributed by atoms with E-state index >= 15 is 0 Å². The fraction of sp³-hybridized carbons (Fsp3) is 0.208. The summed E-state index contributed by atoms with van der Waals surface area (Å²) in [4.78, 5) is 4.23. The van der Waals surface area contributed by atoms with Crippen molar-refractivity contribution in [3.63, 3.8) is 0 Å². The predicted octanol–water partition coefficient (Wildman–Crippen LogP) is 5.35. The maximum absolute atomic E-state index is 13.7. The summed E-state index contributed by atoms with van der Waals surface area (Å²) in [5.74, 6) is 0.351. The number of hydrogen-bond donors (Lipinski definition) is 1. The lowest BCUT2D eigenvalue weighted by Gasteiger charge is -2.16. The third-order valence-corrected chi connectivity index (χ3v) is 5.73. The molecule has 1 aliphatic carbocycles. The summed E-state index contributed by atoms with van der Waals surface area (Å²) in [5, 5.41) is 1.31. The number of anilines is 1. The van der Waals surface area contributed by atoms with Gasteiger partial charge in [-0.2, -0.15) is 0 Å². The molecule has 0 bridgehead atoms. The summed E-state index contributed by atoms with van der Waals surface area (Å²) < 4.78 is 16.1. The fourth-order valence-electron chi connectivity index (χ4n) is 4.39. The molecular weight excluding hydrogens is 349 g/mol. The Balaban J connectivity index is 1.65. The molecule has 2 N–H and O–H groups in total. The highest BCUT2D eigenvalue weighted by molar-refractivity contribution is 5.90. The van der Waals surface area contributed by atoms with Crippen molar-refractivity contribution in [1.29, 1.82) is 0 Å². The van der Waals surface area contributed by atoms with Crippen molar-refractivity contribution in [3.05, 3.63) is 83.4 Å². The monoisotopic (exact) mass is 371 g/mol. The van der Waals surface area contributed by atoms with Crippen LogP contribution in [0, 0.1) is 5.82 Å². The second kappa shape index (κ2) is 6.79. The molecule has 28 heavy (non-hydrogen) atoms. The molecule has 4 aromatic rings. The third-order valence-electron chi connectivity index (χ3n) is 5.73. The van der Waals surface area contributed by atoms with Crippen LogP contribution in [0.1, 0.15) is 29.7 Å². The van der Waals surface area contributed by atoms with Gasteiger partial charge in [0, 0.05) is 34.9 Å². The Bertz CT molecular complexity index is 1160. The molecule has 0 radical (unpaired) electrons. The van der Waals surface area contributed by atoms with Crippen molar-refractivity contribution in [2.45, 2.75) is 32.2 Å². The normalized spacial score (nSPS) is 13.6. The summed E-state index contributed by atoms with van der Waals surface area (Å²) >= 11 is 0. The second-order valence-corrected chi connectivity index (χ2v) is 7.55. The van der Waals surface area contributed by atoms with Crippen LogP contribution < -0.4 is 5.73 Å². The van der Waals surface area contributed by atoms with Crippen LogP contribution >= 0.6 is 0 Å². The van der Waals surface area contributed by atoms with Gasteiger partial charge in [0.2, 0.25) is 0 Å². The number of nitrogens with two attached hydrogens (primary N) is 1. The molecular formula is C24H22FN3. The van der Waals surface area contributed by atoms with Gasteiger partial charge in [-0.05, 0) is 78.8 Å². The van der Waals surface area contributed by atoms with Gasteiger partial charge in [0.05, 0.1) is 0 Å². The van der Waals surface area contributed by atoms with Gasteiger partial charge in [-0.1, -0.05) is 18.2 Å².